The molecule has 0 atom stereocenters. The molecule has 0 bridgehead atoms. The van der Waals surface area contributed by atoms with Crippen LogP contribution in [0.15, 0.2) is 53.0 Å². The van der Waals surface area contributed by atoms with Gasteiger partial charge in [0.05, 0.1) is 25.3 Å². The third-order valence-electron chi connectivity index (χ3n) is 2.98. The van der Waals surface area contributed by atoms with E-state index in [1.165, 1.54) is 0 Å². The van der Waals surface area contributed by atoms with Crippen LogP contribution in [0.2, 0.25) is 0 Å². The molecule has 0 aliphatic carbocycles. The first-order chi connectivity index (χ1) is 10.1. The summed E-state index contributed by atoms with van der Waals surface area (Å²) in [7, 11) is 0. The van der Waals surface area contributed by atoms with E-state index in [9.17, 15) is 4.79 Å². The lowest BCUT2D eigenvalue weighted by Gasteiger charge is -2.08. The lowest BCUT2D eigenvalue weighted by atomic mass is 10.2. The molecule has 0 aromatic heterocycles. The Balaban J connectivity index is 1.72. The topological polar surface area (TPSA) is 38.3 Å². The number of anilines is 1. The molecule has 2 aromatic carbocycles. The van der Waals surface area contributed by atoms with E-state index in [1.54, 1.807) is 0 Å². The molecule has 4 heteroatoms. The number of benzene rings is 2. The Kier molecular flexibility index (Phi) is 5.96. The number of carbonyl (C=O) groups is 1. The van der Waals surface area contributed by atoms with Crippen LogP contribution in [-0.2, 0) is 16.1 Å². The van der Waals surface area contributed by atoms with Crippen LogP contribution in [0.4, 0.5) is 5.69 Å². The van der Waals surface area contributed by atoms with Gasteiger partial charge in [-0.1, -0.05) is 36.4 Å². The predicted molar refractivity (Wildman–Crippen MR) is 88.2 cm³/mol. The third kappa shape index (κ3) is 5.33. The zero-order valence-electron chi connectivity index (χ0n) is 11.9. The van der Waals surface area contributed by atoms with Crippen molar-refractivity contribution in [2.45, 2.75) is 20.0 Å². The van der Waals surface area contributed by atoms with Crippen LogP contribution in [0.1, 0.15) is 17.5 Å². The number of ether oxygens (including phenoxy) is 1. The molecular weight excluding hydrogens is 330 g/mol. The molecule has 21 heavy (non-hydrogen) atoms. The number of amides is 1. The summed E-state index contributed by atoms with van der Waals surface area (Å²) in [6, 6.07) is 15.7. The normalized spacial score (nSPS) is 10.4. The predicted octanol–water partition coefficient (Wildman–Crippen LogP) is 4.30. The molecule has 3 nitrogen and oxygen atoms in total. The van der Waals surface area contributed by atoms with Gasteiger partial charge in [0.1, 0.15) is 0 Å². The smallest absolute Gasteiger partial charge is 0.226 e. The van der Waals surface area contributed by atoms with E-state index in [1.807, 2.05) is 55.5 Å². The van der Waals surface area contributed by atoms with Gasteiger partial charge in [0.15, 0.2) is 0 Å². The molecule has 0 aliphatic heterocycles. The standard InChI is InChI=1S/C17H18BrNO2/c1-13-7-8-16(15(18)11-13)19-17(20)9-10-21-12-14-5-3-2-4-6-14/h2-8,11H,9-10,12H2,1H3,(H,19,20). The molecule has 0 heterocycles. The van der Waals surface area contributed by atoms with Crippen molar-refractivity contribution in [3.05, 3.63) is 64.1 Å². The van der Waals surface area contributed by atoms with Crippen molar-refractivity contribution < 1.29 is 9.53 Å². The van der Waals surface area contributed by atoms with Crippen molar-refractivity contribution >= 4 is 27.5 Å². The molecule has 0 saturated heterocycles. The summed E-state index contributed by atoms with van der Waals surface area (Å²) in [5, 5.41) is 2.87. The summed E-state index contributed by atoms with van der Waals surface area (Å²) >= 11 is 3.44. The first kappa shape index (κ1) is 15.7. The van der Waals surface area contributed by atoms with E-state index in [0.717, 1.165) is 21.3 Å². The summed E-state index contributed by atoms with van der Waals surface area (Å²) in [6.45, 7) is 2.94. The highest BCUT2D eigenvalue weighted by Gasteiger charge is 2.05. The van der Waals surface area contributed by atoms with Crippen molar-refractivity contribution in [3.8, 4) is 0 Å². The Morgan fingerprint density at radius 3 is 2.67 bits per heavy atom. The fourth-order valence-electron chi connectivity index (χ4n) is 1.86. The van der Waals surface area contributed by atoms with Gasteiger partial charge in [0.25, 0.3) is 0 Å². The maximum atomic E-state index is 11.8. The maximum Gasteiger partial charge on any atom is 0.226 e. The molecule has 0 spiro atoms. The molecule has 1 amide bonds. The third-order valence-corrected chi connectivity index (χ3v) is 3.64. The fourth-order valence-corrected chi connectivity index (χ4v) is 2.46. The zero-order chi connectivity index (χ0) is 15.1. The van der Waals surface area contributed by atoms with Gasteiger partial charge in [-0.25, -0.2) is 0 Å². The fraction of sp³-hybridized carbons (Fsp3) is 0.235. The Bertz CT molecular complexity index is 599. The Hall–Kier alpha value is -1.65. The lowest BCUT2D eigenvalue weighted by molar-refractivity contribution is -0.117. The van der Waals surface area contributed by atoms with Crippen molar-refractivity contribution in [1.82, 2.24) is 0 Å². The number of aryl methyl sites for hydroxylation is 1. The van der Waals surface area contributed by atoms with Crippen LogP contribution < -0.4 is 5.32 Å². The molecular formula is C17H18BrNO2. The molecule has 0 saturated carbocycles. The van der Waals surface area contributed by atoms with E-state index in [-0.39, 0.29) is 5.91 Å². The van der Waals surface area contributed by atoms with Gasteiger partial charge in [-0.15, -0.1) is 0 Å². The Morgan fingerprint density at radius 2 is 1.95 bits per heavy atom. The highest BCUT2D eigenvalue weighted by molar-refractivity contribution is 9.10. The molecule has 0 unspecified atom stereocenters. The summed E-state index contributed by atoms with van der Waals surface area (Å²) in [5.74, 6) is -0.0485. The summed E-state index contributed by atoms with van der Waals surface area (Å²) in [4.78, 5) is 11.8. The van der Waals surface area contributed by atoms with Crippen molar-refractivity contribution in [2.75, 3.05) is 11.9 Å². The minimum absolute atomic E-state index is 0.0485. The largest absolute Gasteiger partial charge is 0.376 e. The second kappa shape index (κ2) is 7.96. The van der Waals surface area contributed by atoms with Gasteiger partial charge >= 0.3 is 0 Å². The van der Waals surface area contributed by atoms with Crippen LogP contribution in [0.3, 0.4) is 0 Å². The van der Waals surface area contributed by atoms with Crippen molar-refractivity contribution in [2.24, 2.45) is 0 Å². The lowest BCUT2D eigenvalue weighted by Crippen LogP contribution is -2.14. The average Bonchev–Trinajstić information content (AvgIpc) is 2.48. The number of nitrogens with one attached hydrogen (secondary N) is 1. The molecule has 2 rings (SSSR count). The van der Waals surface area contributed by atoms with Crippen LogP contribution >= 0.6 is 15.9 Å². The molecule has 0 radical (unpaired) electrons. The molecule has 1 N–H and O–H groups in total. The van der Waals surface area contributed by atoms with Gasteiger partial charge in [0, 0.05) is 4.47 Å². The number of carbonyl (C=O) groups excluding carboxylic acids is 1. The Labute approximate surface area is 133 Å². The van der Waals surface area contributed by atoms with Gasteiger partial charge in [-0.2, -0.15) is 0 Å². The van der Waals surface area contributed by atoms with Gasteiger partial charge in [-0.3, -0.25) is 4.79 Å². The second-order valence-corrected chi connectivity index (χ2v) is 5.67. The highest BCUT2D eigenvalue weighted by Crippen LogP contribution is 2.23. The van der Waals surface area contributed by atoms with Gasteiger partial charge in [-0.05, 0) is 46.1 Å². The van der Waals surface area contributed by atoms with Crippen molar-refractivity contribution in [1.29, 1.82) is 0 Å². The average molecular weight is 348 g/mol. The van der Waals surface area contributed by atoms with E-state index < -0.39 is 0 Å². The van der Waals surface area contributed by atoms with Crippen LogP contribution in [0.25, 0.3) is 0 Å². The summed E-state index contributed by atoms with van der Waals surface area (Å²) in [5.41, 5.74) is 3.04. The number of halogens is 1. The van der Waals surface area contributed by atoms with E-state index in [0.29, 0.717) is 19.6 Å². The van der Waals surface area contributed by atoms with Crippen LogP contribution in [-0.4, -0.2) is 12.5 Å². The molecule has 0 fully saturated rings. The summed E-state index contributed by atoms with van der Waals surface area (Å²) in [6.07, 6.45) is 0.340. The summed E-state index contributed by atoms with van der Waals surface area (Å²) < 4.78 is 6.39. The minimum Gasteiger partial charge on any atom is -0.376 e. The monoisotopic (exact) mass is 347 g/mol. The van der Waals surface area contributed by atoms with Gasteiger partial charge < -0.3 is 10.1 Å². The minimum atomic E-state index is -0.0485. The van der Waals surface area contributed by atoms with Gasteiger partial charge in [0.2, 0.25) is 5.91 Å². The zero-order valence-corrected chi connectivity index (χ0v) is 13.5. The quantitative estimate of drug-likeness (QED) is 0.791. The van der Waals surface area contributed by atoms with Crippen LogP contribution in [0, 0.1) is 6.92 Å². The SMILES string of the molecule is Cc1ccc(NC(=O)CCOCc2ccccc2)c(Br)c1. The Morgan fingerprint density at radius 1 is 1.19 bits per heavy atom. The number of rotatable bonds is 6. The molecule has 110 valence electrons. The maximum absolute atomic E-state index is 11.8. The van der Waals surface area contributed by atoms with E-state index >= 15 is 0 Å². The van der Waals surface area contributed by atoms with E-state index in [2.05, 4.69) is 21.2 Å². The first-order valence-electron chi connectivity index (χ1n) is 6.83. The second-order valence-electron chi connectivity index (χ2n) is 4.82. The van der Waals surface area contributed by atoms with Crippen molar-refractivity contribution in [3.63, 3.8) is 0 Å². The molecule has 2 aromatic rings. The van der Waals surface area contributed by atoms with Crippen LogP contribution in [0.5, 0.6) is 0 Å². The highest BCUT2D eigenvalue weighted by atomic mass is 79.9. The first-order valence-corrected chi connectivity index (χ1v) is 7.62. The number of hydrogen-bond donors (Lipinski definition) is 1. The van der Waals surface area contributed by atoms with E-state index in [4.69, 9.17) is 4.74 Å². The molecule has 0 aliphatic rings. The number of hydrogen-bond acceptors (Lipinski definition) is 2.